The standard InChI is InChI=1S/C23H24N2O3/c1-16-21(17(2)28-25-16)14-27-20-10-8-18(9-11-20)22(26)24-15-23(12-13-23)19-6-4-3-5-7-19/h3-11H,12-15H2,1-2H3,(H,24,26). The predicted molar refractivity (Wildman–Crippen MR) is 106 cm³/mol. The lowest BCUT2D eigenvalue weighted by molar-refractivity contribution is 0.0949. The maximum Gasteiger partial charge on any atom is 0.251 e. The molecule has 5 nitrogen and oxygen atoms in total. The Bertz CT molecular complexity index is 938. The average Bonchev–Trinajstić information content (AvgIpc) is 3.46. The van der Waals surface area contributed by atoms with E-state index in [4.69, 9.17) is 9.26 Å². The Morgan fingerprint density at radius 3 is 2.43 bits per heavy atom. The Balaban J connectivity index is 1.33. The van der Waals surface area contributed by atoms with E-state index >= 15 is 0 Å². The molecule has 0 saturated heterocycles. The number of nitrogens with one attached hydrogen (secondary N) is 1. The summed E-state index contributed by atoms with van der Waals surface area (Å²) in [5, 5.41) is 7.01. The molecule has 0 spiro atoms. The molecule has 1 amide bonds. The molecule has 1 aliphatic rings. The number of amides is 1. The van der Waals surface area contributed by atoms with Crippen molar-refractivity contribution in [2.45, 2.75) is 38.7 Å². The van der Waals surface area contributed by atoms with E-state index in [2.05, 4.69) is 34.7 Å². The number of hydrogen-bond acceptors (Lipinski definition) is 4. The summed E-state index contributed by atoms with van der Waals surface area (Å²) in [7, 11) is 0. The van der Waals surface area contributed by atoms with E-state index in [0.29, 0.717) is 24.5 Å². The Labute approximate surface area is 164 Å². The zero-order chi connectivity index (χ0) is 19.6. The number of aromatic nitrogens is 1. The Kier molecular flexibility index (Phi) is 4.90. The number of aryl methyl sites for hydroxylation is 2. The second-order valence-corrected chi connectivity index (χ2v) is 7.44. The molecule has 0 radical (unpaired) electrons. The van der Waals surface area contributed by atoms with Crippen LogP contribution >= 0.6 is 0 Å². The molecule has 1 N–H and O–H groups in total. The minimum absolute atomic E-state index is 0.0560. The van der Waals surface area contributed by atoms with Crippen LogP contribution in [-0.4, -0.2) is 17.6 Å². The first-order chi connectivity index (χ1) is 13.6. The normalized spacial score (nSPS) is 14.5. The summed E-state index contributed by atoms with van der Waals surface area (Å²) in [6, 6.07) is 17.6. The number of carbonyl (C=O) groups excluding carboxylic acids is 1. The molecule has 1 saturated carbocycles. The number of rotatable bonds is 7. The number of benzene rings is 2. The highest BCUT2D eigenvalue weighted by molar-refractivity contribution is 5.94. The SMILES string of the molecule is Cc1noc(C)c1COc1ccc(C(=O)NCC2(c3ccccc3)CC2)cc1. The summed E-state index contributed by atoms with van der Waals surface area (Å²) in [6.07, 6.45) is 2.23. The van der Waals surface area contributed by atoms with E-state index in [-0.39, 0.29) is 11.3 Å². The highest BCUT2D eigenvalue weighted by atomic mass is 16.5. The van der Waals surface area contributed by atoms with Crippen molar-refractivity contribution in [2.75, 3.05) is 6.54 Å². The summed E-state index contributed by atoms with van der Waals surface area (Å²) < 4.78 is 10.9. The highest BCUT2D eigenvalue weighted by Gasteiger charge is 2.44. The lowest BCUT2D eigenvalue weighted by Gasteiger charge is -2.16. The van der Waals surface area contributed by atoms with Crippen LogP contribution in [-0.2, 0) is 12.0 Å². The highest BCUT2D eigenvalue weighted by Crippen LogP contribution is 2.47. The third-order valence-corrected chi connectivity index (χ3v) is 5.51. The molecule has 1 fully saturated rings. The van der Waals surface area contributed by atoms with Gasteiger partial charge >= 0.3 is 0 Å². The minimum atomic E-state index is -0.0560. The van der Waals surface area contributed by atoms with E-state index in [9.17, 15) is 4.79 Å². The average molecular weight is 376 g/mol. The van der Waals surface area contributed by atoms with Crippen molar-refractivity contribution in [3.63, 3.8) is 0 Å². The van der Waals surface area contributed by atoms with Gasteiger partial charge in [0.25, 0.3) is 5.91 Å². The van der Waals surface area contributed by atoms with Crippen molar-refractivity contribution in [2.24, 2.45) is 0 Å². The van der Waals surface area contributed by atoms with Gasteiger partial charge in [-0.15, -0.1) is 0 Å². The van der Waals surface area contributed by atoms with Gasteiger partial charge in [0.15, 0.2) is 0 Å². The molecule has 5 heteroatoms. The lowest BCUT2D eigenvalue weighted by Crippen LogP contribution is -2.32. The molecule has 144 valence electrons. The Morgan fingerprint density at radius 1 is 1.11 bits per heavy atom. The third-order valence-electron chi connectivity index (χ3n) is 5.51. The quantitative estimate of drug-likeness (QED) is 0.666. The second-order valence-electron chi connectivity index (χ2n) is 7.44. The maximum atomic E-state index is 12.5. The molecule has 1 aliphatic carbocycles. The van der Waals surface area contributed by atoms with Gasteiger partial charge < -0.3 is 14.6 Å². The van der Waals surface area contributed by atoms with Crippen LogP contribution in [0.2, 0.25) is 0 Å². The summed E-state index contributed by atoms with van der Waals surface area (Å²) in [4.78, 5) is 12.5. The Morgan fingerprint density at radius 2 is 1.82 bits per heavy atom. The van der Waals surface area contributed by atoms with Crippen molar-refractivity contribution < 1.29 is 14.1 Å². The molecular weight excluding hydrogens is 352 g/mol. The lowest BCUT2D eigenvalue weighted by atomic mass is 9.96. The molecule has 1 aromatic heterocycles. The van der Waals surface area contributed by atoms with E-state index in [1.807, 2.05) is 32.0 Å². The number of nitrogens with zero attached hydrogens (tertiary/aromatic N) is 1. The molecular formula is C23H24N2O3. The van der Waals surface area contributed by atoms with Crippen LogP contribution in [0.3, 0.4) is 0 Å². The van der Waals surface area contributed by atoms with E-state index in [1.54, 1.807) is 12.1 Å². The summed E-state index contributed by atoms with van der Waals surface area (Å²) in [6.45, 7) is 4.82. The van der Waals surface area contributed by atoms with Gasteiger partial charge in [-0.2, -0.15) is 0 Å². The van der Waals surface area contributed by atoms with Crippen molar-refractivity contribution in [3.8, 4) is 5.75 Å². The molecule has 0 aliphatic heterocycles. The van der Waals surface area contributed by atoms with Crippen molar-refractivity contribution in [1.82, 2.24) is 10.5 Å². The van der Waals surface area contributed by atoms with Gasteiger partial charge in [-0.05, 0) is 56.5 Å². The van der Waals surface area contributed by atoms with Gasteiger partial charge in [-0.1, -0.05) is 35.5 Å². The Hall–Kier alpha value is -3.08. The monoisotopic (exact) mass is 376 g/mol. The van der Waals surface area contributed by atoms with Gasteiger partial charge in [0.05, 0.1) is 11.3 Å². The second kappa shape index (κ2) is 7.50. The zero-order valence-electron chi connectivity index (χ0n) is 16.2. The van der Waals surface area contributed by atoms with Crippen LogP contribution in [0.25, 0.3) is 0 Å². The first-order valence-corrected chi connectivity index (χ1v) is 9.56. The molecule has 1 heterocycles. The van der Waals surface area contributed by atoms with Crippen LogP contribution in [0.15, 0.2) is 59.1 Å². The van der Waals surface area contributed by atoms with E-state index in [0.717, 1.165) is 29.9 Å². The molecule has 0 atom stereocenters. The van der Waals surface area contributed by atoms with Crippen molar-refractivity contribution in [3.05, 3.63) is 82.7 Å². The summed E-state index contributed by atoms with van der Waals surface area (Å²) in [5.74, 6) is 1.42. The fourth-order valence-electron chi connectivity index (χ4n) is 3.43. The van der Waals surface area contributed by atoms with Gasteiger partial charge in [-0.25, -0.2) is 0 Å². The van der Waals surface area contributed by atoms with Gasteiger partial charge in [0.1, 0.15) is 18.1 Å². The zero-order valence-corrected chi connectivity index (χ0v) is 16.2. The van der Waals surface area contributed by atoms with Crippen molar-refractivity contribution >= 4 is 5.91 Å². The first-order valence-electron chi connectivity index (χ1n) is 9.56. The van der Waals surface area contributed by atoms with E-state index in [1.165, 1.54) is 5.56 Å². The molecule has 0 bridgehead atoms. The molecule has 28 heavy (non-hydrogen) atoms. The van der Waals surface area contributed by atoms with Crippen LogP contribution in [0.5, 0.6) is 5.75 Å². The molecule has 2 aromatic carbocycles. The summed E-state index contributed by atoms with van der Waals surface area (Å²) in [5.41, 5.74) is 3.83. The predicted octanol–water partition coefficient (Wildman–Crippen LogP) is 4.33. The topological polar surface area (TPSA) is 64.4 Å². The van der Waals surface area contributed by atoms with Gasteiger partial charge in [-0.3, -0.25) is 4.79 Å². The first kappa shape index (κ1) is 18.3. The molecule has 3 aromatic rings. The summed E-state index contributed by atoms with van der Waals surface area (Å²) >= 11 is 0. The van der Waals surface area contributed by atoms with Crippen LogP contribution < -0.4 is 10.1 Å². The number of ether oxygens (including phenoxy) is 1. The van der Waals surface area contributed by atoms with Crippen LogP contribution in [0.1, 0.15) is 45.8 Å². The smallest absolute Gasteiger partial charge is 0.251 e. The largest absolute Gasteiger partial charge is 0.489 e. The number of carbonyl (C=O) groups is 1. The molecule has 0 unspecified atom stereocenters. The number of hydrogen-bond donors (Lipinski definition) is 1. The van der Waals surface area contributed by atoms with Gasteiger partial charge in [0.2, 0.25) is 0 Å². The van der Waals surface area contributed by atoms with Crippen molar-refractivity contribution in [1.29, 1.82) is 0 Å². The fourth-order valence-corrected chi connectivity index (χ4v) is 3.43. The molecule has 4 rings (SSSR count). The maximum absolute atomic E-state index is 12.5. The van der Waals surface area contributed by atoms with Gasteiger partial charge in [0, 0.05) is 17.5 Å². The third kappa shape index (κ3) is 3.79. The minimum Gasteiger partial charge on any atom is -0.489 e. The van der Waals surface area contributed by atoms with Crippen LogP contribution in [0, 0.1) is 13.8 Å². The van der Waals surface area contributed by atoms with Crippen LogP contribution in [0.4, 0.5) is 0 Å². The van der Waals surface area contributed by atoms with E-state index < -0.39 is 0 Å². The fraction of sp³-hybridized carbons (Fsp3) is 0.304.